The average molecular weight is 385 g/mol. The van der Waals surface area contributed by atoms with Gasteiger partial charge in [0.15, 0.2) is 0 Å². The second kappa shape index (κ2) is 8.17. The summed E-state index contributed by atoms with van der Waals surface area (Å²) >= 11 is 7.53. The second-order valence-corrected chi connectivity index (χ2v) is 7.12. The number of hydrogen-bond acceptors (Lipinski definition) is 3. The number of benzene rings is 2. The summed E-state index contributed by atoms with van der Waals surface area (Å²) in [4.78, 5) is 26.9. The third-order valence-electron chi connectivity index (χ3n) is 3.85. The highest BCUT2D eigenvalue weighted by Gasteiger charge is 2.14. The molecule has 0 fully saturated rings. The van der Waals surface area contributed by atoms with E-state index in [1.165, 1.54) is 11.3 Å². The molecule has 0 saturated carbocycles. The number of anilines is 1. The zero-order chi connectivity index (χ0) is 18.5. The summed E-state index contributed by atoms with van der Waals surface area (Å²) in [6.45, 7) is 0.426. The van der Waals surface area contributed by atoms with E-state index >= 15 is 0 Å². The van der Waals surface area contributed by atoms with Crippen molar-refractivity contribution in [3.05, 3.63) is 87.1 Å². The topological polar surface area (TPSA) is 49.4 Å². The lowest BCUT2D eigenvalue weighted by molar-refractivity contribution is 0.0785. The van der Waals surface area contributed by atoms with Crippen LogP contribution in [0.4, 0.5) is 5.69 Å². The van der Waals surface area contributed by atoms with Crippen molar-refractivity contribution in [2.24, 2.45) is 0 Å². The summed E-state index contributed by atoms with van der Waals surface area (Å²) in [7, 11) is 1.73. The third kappa shape index (κ3) is 4.31. The van der Waals surface area contributed by atoms with Gasteiger partial charge >= 0.3 is 0 Å². The molecule has 0 aliphatic heterocycles. The van der Waals surface area contributed by atoms with Crippen molar-refractivity contribution in [1.82, 2.24) is 4.90 Å². The predicted molar refractivity (Wildman–Crippen MR) is 106 cm³/mol. The summed E-state index contributed by atoms with van der Waals surface area (Å²) in [5.74, 6) is -0.268. The van der Waals surface area contributed by atoms with Gasteiger partial charge in [-0.1, -0.05) is 35.9 Å². The number of thiophene rings is 1. The first-order valence-corrected chi connectivity index (χ1v) is 9.24. The smallest absolute Gasteiger partial charge is 0.265 e. The number of carbonyl (C=O) groups excluding carboxylic acids is 2. The molecule has 0 radical (unpaired) electrons. The van der Waals surface area contributed by atoms with Gasteiger partial charge in [-0.25, -0.2) is 0 Å². The highest BCUT2D eigenvalue weighted by atomic mass is 35.5. The maximum atomic E-state index is 12.6. The Morgan fingerprint density at radius 1 is 1.04 bits per heavy atom. The summed E-state index contributed by atoms with van der Waals surface area (Å²) < 4.78 is 0. The lowest BCUT2D eigenvalue weighted by atomic mass is 10.1. The highest BCUT2D eigenvalue weighted by molar-refractivity contribution is 7.12. The van der Waals surface area contributed by atoms with Gasteiger partial charge in [0.05, 0.1) is 4.88 Å². The molecule has 3 rings (SSSR count). The maximum Gasteiger partial charge on any atom is 0.265 e. The Bertz CT molecular complexity index is 908. The Labute approximate surface area is 161 Å². The van der Waals surface area contributed by atoms with Crippen LogP contribution in [0.1, 0.15) is 25.6 Å². The van der Waals surface area contributed by atoms with Gasteiger partial charge in [0, 0.05) is 29.9 Å². The molecule has 0 aliphatic rings. The van der Waals surface area contributed by atoms with Crippen LogP contribution in [-0.2, 0) is 6.54 Å². The summed E-state index contributed by atoms with van der Waals surface area (Å²) in [5, 5.41) is 5.31. The second-order valence-electron chi connectivity index (χ2n) is 5.76. The molecule has 0 bridgehead atoms. The van der Waals surface area contributed by atoms with Gasteiger partial charge in [0.2, 0.25) is 0 Å². The van der Waals surface area contributed by atoms with E-state index in [0.29, 0.717) is 27.7 Å². The third-order valence-corrected chi connectivity index (χ3v) is 5.08. The number of carbonyl (C=O) groups is 2. The van der Waals surface area contributed by atoms with Crippen molar-refractivity contribution in [2.75, 3.05) is 12.4 Å². The normalized spacial score (nSPS) is 10.4. The number of rotatable bonds is 5. The molecular formula is C20H17ClN2O2S. The van der Waals surface area contributed by atoms with Crippen LogP contribution < -0.4 is 5.32 Å². The van der Waals surface area contributed by atoms with Gasteiger partial charge < -0.3 is 10.2 Å². The molecule has 0 atom stereocenters. The van der Waals surface area contributed by atoms with Gasteiger partial charge in [-0.2, -0.15) is 0 Å². The van der Waals surface area contributed by atoms with Crippen LogP contribution in [0, 0.1) is 0 Å². The molecule has 0 unspecified atom stereocenters. The van der Waals surface area contributed by atoms with E-state index in [4.69, 9.17) is 11.6 Å². The van der Waals surface area contributed by atoms with Gasteiger partial charge in [0.1, 0.15) is 0 Å². The first-order chi connectivity index (χ1) is 12.5. The van der Waals surface area contributed by atoms with Crippen molar-refractivity contribution < 1.29 is 9.59 Å². The molecular weight excluding hydrogens is 368 g/mol. The Kier molecular flexibility index (Phi) is 5.71. The van der Waals surface area contributed by atoms with Crippen molar-refractivity contribution in [3.63, 3.8) is 0 Å². The van der Waals surface area contributed by atoms with Gasteiger partial charge in [-0.3, -0.25) is 9.59 Å². The minimum atomic E-state index is -0.157. The number of amides is 2. The SMILES string of the molecule is CN(Cc1ccccc1Cl)C(=O)c1ccc(NC(=O)c2cccs2)cc1. The van der Waals surface area contributed by atoms with E-state index in [1.807, 2.05) is 29.6 Å². The van der Waals surface area contributed by atoms with Crippen LogP contribution in [0.15, 0.2) is 66.0 Å². The first kappa shape index (κ1) is 18.2. The van der Waals surface area contributed by atoms with E-state index in [1.54, 1.807) is 48.3 Å². The van der Waals surface area contributed by atoms with Crippen LogP contribution in [-0.4, -0.2) is 23.8 Å². The van der Waals surface area contributed by atoms with E-state index in [-0.39, 0.29) is 11.8 Å². The standard InChI is InChI=1S/C20H17ClN2O2S/c1-23(13-15-5-2-3-6-17(15)21)20(25)14-8-10-16(11-9-14)22-19(24)18-7-4-12-26-18/h2-12H,13H2,1H3,(H,22,24). The largest absolute Gasteiger partial charge is 0.337 e. The van der Waals surface area contributed by atoms with Crippen molar-refractivity contribution in [2.45, 2.75) is 6.54 Å². The summed E-state index contributed by atoms with van der Waals surface area (Å²) in [6, 6.07) is 17.9. The molecule has 1 aromatic heterocycles. The van der Waals surface area contributed by atoms with Crippen molar-refractivity contribution in [3.8, 4) is 0 Å². The van der Waals surface area contributed by atoms with Gasteiger partial charge in [-0.05, 0) is 47.3 Å². The van der Waals surface area contributed by atoms with E-state index in [2.05, 4.69) is 5.32 Å². The molecule has 2 aromatic carbocycles. The van der Waals surface area contributed by atoms with Gasteiger partial charge in [-0.15, -0.1) is 11.3 Å². The number of hydrogen-bond donors (Lipinski definition) is 1. The minimum Gasteiger partial charge on any atom is -0.337 e. The molecule has 1 N–H and O–H groups in total. The molecule has 2 amide bonds. The highest BCUT2D eigenvalue weighted by Crippen LogP contribution is 2.19. The molecule has 132 valence electrons. The van der Waals surface area contributed by atoms with Crippen LogP contribution in [0.2, 0.25) is 5.02 Å². The molecule has 0 aliphatic carbocycles. The Hall–Kier alpha value is -2.63. The monoisotopic (exact) mass is 384 g/mol. The quantitative estimate of drug-likeness (QED) is 0.678. The van der Waals surface area contributed by atoms with E-state index in [0.717, 1.165) is 5.56 Å². The van der Waals surface area contributed by atoms with E-state index in [9.17, 15) is 9.59 Å². The molecule has 0 spiro atoms. The predicted octanol–water partition coefficient (Wildman–Crippen LogP) is 4.93. The fourth-order valence-corrected chi connectivity index (χ4v) is 3.29. The molecule has 0 saturated heterocycles. The molecule has 1 heterocycles. The average Bonchev–Trinajstić information content (AvgIpc) is 3.18. The van der Waals surface area contributed by atoms with Gasteiger partial charge in [0.25, 0.3) is 11.8 Å². The molecule has 6 heteroatoms. The fraction of sp³-hybridized carbons (Fsp3) is 0.100. The zero-order valence-electron chi connectivity index (χ0n) is 14.1. The Morgan fingerprint density at radius 2 is 1.77 bits per heavy atom. The summed E-state index contributed by atoms with van der Waals surface area (Å²) in [5.41, 5.74) is 2.09. The summed E-state index contributed by atoms with van der Waals surface area (Å²) in [6.07, 6.45) is 0. The van der Waals surface area contributed by atoms with Crippen molar-refractivity contribution in [1.29, 1.82) is 0 Å². The minimum absolute atomic E-state index is 0.110. The molecule has 3 aromatic rings. The lowest BCUT2D eigenvalue weighted by Gasteiger charge is -2.18. The van der Waals surface area contributed by atoms with Crippen molar-refractivity contribution >= 4 is 40.4 Å². The number of halogens is 1. The Morgan fingerprint density at radius 3 is 2.42 bits per heavy atom. The first-order valence-electron chi connectivity index (χ1n) is 7.98. The van der Waals surface area contributed by atoms with Crippen LogP contribution in [0.5, 0.6) is 0 Å². The fourth-order valence-electron chi connectivity index (χ4n) is 2.47. The maximum absolute atomic E-state index is 12.6. The van der Waals surface area contributed by atoms with Crippen LogP contribution >= 0.6 is 22.9 Å². The molecule has 26 heavy (non-hydrogen) atoms. The van der Waals surface area contributed by atoms with Crippen LogP contribution in [0.3, 0.4) is 0 Å². The molecule has 4 nitrogen and oxygen atoms in total. The lowest BCUT2D eigenvalue weighted by Crippen LogP contribution is -2.26. The van der Waals surface area contributed by atoms with Crippen LogP contribution in [0.25, 0.3) is 0 Å². The number of nitrogens with one attached hydrogen (secondary N) is 1. The Balaban J connectivity index is 1.65. The number of nitrogens with zero attached hydrogens (tertiary/aromatic N) is 1. The zero-order valence-corrected chi connectivity index (χ0v) is 15.7. The van der Waals surface area contributed by atoms with E-state index < -0.39 is 0 Å².